The predicted molar refractivity (Wildman–Crippen MR) is 194 cm³/mol. The molecule has 2 aliphatic heterocycles. The van der Waals surface area contributed by atoms with Crippen molar-refractivity contribution in [3.63, 3.8) is 0 Å². The van der Waals surface area contributed by atoms with E-state index in [9.17, 15) is 32.7 Å². The van der Waals surface area contributed by atoms with E-state index >= 15 is 4.79 Å². The second kappa shape index (κ2) is 13.0. The van der Waals surface area contributed by atoms with Crippen molar-refractivity contribution in [2.24, 2.45) is 23.7 Å². The van der Waals surface area contributed by atoms with Gasteiger partial charge in [0, 0.05) is 32.7 Å². The lowest BCUT2D eigenvalue weighted by atomic mass is 9.49. The van der Waals surface area contributed by atoms with E-state index < -0.39 is 81.2 Å². The fourth-order valence-electron chi connectivity index (χ4n) is 8.73. The van der Waals surface area contributed by atoms with Gasteiger partial charge in [-0.05, 0) is 85.0 Å². The molecular weight excluding hydrogens is 791 g/mol. The van der Waals surface area contributed by atoms with E-state index in [1.54, 1.807) is 54.6 Å². The third kappa shape index (κ3) is 5.48. The molecule has 4 amide bonds. The van der Waals surface area contributed by atoms with Crippen LogP contribution in [0.15, 0.2) is 90.6 Å². The number of alkyl halides is 3. The van der Waals surface area contributed by atoms with Crippen molar-refractivity contribution in [2.45, 2.75) is 30.4 Å². The van der Waals surface area contributed by atoms with Crippen molar-refractivity contribution in [2.75, 3.05) is 10.3 Å². The van der Waals surface area contributed by atoms with E-state index in [1.807, 2.05) is 0 Å². The lowest BCUT2D eigenvalue weighted by Gasteiger charge is -2.50. The summed E-state index contributed by atoms with van der Waals surface area (Å²) in [5.74, 6) is -8.14. The molecule has 4 aromatic rings. The van der Waals surface area contributed by atoms with Crippen LogP contribution in [0.1, 0.15) is 35.4 Å². The number of pyridine rings is 1. The summed E-state index contributed by atoms with van der Waals surface area (Å²) < 4.78 is 40.4. The molecule has 0 radical (unpaired) electrons. The first-order valence-corrected chi connectivity index (χ1v) is 18.1. The number of anilines is 2. The van der Waals surface area contributed by atoms with Gasteiger partial charge in [-0.25, -0.2) is 4.98 Å². The van der Waals surface area contributed by atoms with Crippen LogP contribution in [0.25, 0.3) is 0 Å². The van der Waals surface area contributed by atoms with Crippen molar-refractivity contribution in [3.8, 4) is 5.75 Å². The maximum atomic E-state index is 15.2. The molecule has 276 valence electrons. The number of fused-ring (bicyclic) bond motifs is 4. The van der Waals surface area contributed by atoms with Gasteiger partial charge >= 0.3 is 6.18 Å². The number of imide groups is 2. The number of carbonyl (C=O) groups excluding carboxylic acids is 4. The number of aromatic nitrogens is 1. The number of nitrogens with one attached hydrogen (secondary N) is 1. The normalized spacial score (nSPS) is 26.4. The van der Waals surface area contributed by atoms with Crippen LogP contribution in [0, 0.1) is 23.7 Å². The van der Waals surface area contributed by atoms with E-state index in [4.69, 9.17) is 46.4 Å². The second-order valence-electron chi connectivity index (χ2n) is 13.6. The van der Waals surface area contributed by atoms with E-state index in [-0.39, 0.29) is 29.2 Å². The number of rotatable bonds is 5. The lowest BCUT2D eigenvalue weighted by Crippen LogP contribution is -2.53. The number of allylic oxidation sites excluding steroid dienone is 2. The van der Waals surface area contributed by atoms with Crippen molar-refractivity contribution >= 4 is 81.5 Å². The number of benzene rings is 3. The van der Waals surface area contributed by atoms with Gasteiger partial charge in [-0.3, -0.25) is 29.5 Å². The van der Waals surface area contributed by atoms with Crippen LogP contribution in [0.5, 0.6) is 5.75 Å². The number of hydrazine groups is 1. The molecule has 3 fully saturated rings. The number of hydrogen-bond acceptors (Lipinski definition) is 7. The fourth-order valence-corrected chi connectivity index (χ4v) is 9.37. The molecule has 6 unspecified atom stereocenters. The Kier molecular flexibility index (Phi) is 8.76. The zero-order valence-electron chi connectivity index (χ0n) is 27.5. The number of carbonyl (C=O) groups is 4. The minimum Gasteiger partial charge on any atom is -0.508 e. The number of phenols is 1. The standard InChI is InChI=1S/C38H25Cl4F3N4O5/c39-19-3-1-17(2-4-19)37-27(34(52)49(36(37)54)47-32-28(42)13-18(16-46-32)38(43,44)45)15-25-23(31(37)26-14-21(41)7-12-29(26)50)10-11-24-30(25)35(53)48(33(24)51)22-8-5-20(40)6-9-22/h1-10,12-14,16,24-25,27,30-31,50H,11,15H2,(H,46,47). The Morgan fingerprint density at radius 2 is 1.46 bits per heavy atom. The number of hydrogen-bond donors (Lipinski definition) is 2. The second-order valence-corrected chi connectivity index (χ2v) is 15.3. The SMILES string of the molecule is O=C1C2CC3C(=CCC4C(=O)N(c5ccc(Cl)cc5)C(=O)C43)C(c3cc(Cl)ccc3O)C2(c2ccc(Cl)cc2)C(=O)N1Nc1ncc(C(F)(F)F)cc1Cl. The summed E-state index contributed by atoms with van der Waals surface area (Å²) >= 11 is 25.1. The molecule has 0 bridgehead atoms. The Labute approximate surface area is 325 Å². The highest BCUT2D eigenvalue weighted by Crippen LogP contribution is 2.65. The smallest absolute Gasteiger partial charge is 0.417 e. The monoisotopic (exact) mass is 814 g/mol. The van der Waals surface area contributed by atoms with Gasteiger partial charge in [0.2, 0.25) is 11.8 Å². The van der Waals surface area contributed by atoms with Gasteiger partial charge in [-0.1, -0.05) is 70.2 Å². The van der Waals surface area contributed by atoms with Crippen molar-refractivity contribution in [1.82, 2.24) is 9.99 Å². The summed E-state index contributed by atoms with van der Waals surface area (Å²) in [4.78, 5) is 63.3. The molecule has 2 aliphatic carbocycles. The number of amides is 4. The van der Waals surface area contributed by atoms with E-state index in [1.165, 1.54) is 18.2 Å². The van der Waals surface area contributed by atoms with E-state index in [0.29, 0.717) is 44.1 Å². The molecule has 3 heterocycles. The summed E-state index contributed by atoms with van der Waals surface area (Å²) in [6, 6.07) is 17.4. The van der Waals surface area contributed by atoms with Crippen LogP contribution in [0.4, 0.5) is 24.7 Å². The molecule has 0 spiro atoms. The number of halogens is 7. The quantitative estimate of drug-likeness (QED) is 0.153. The van der Waals surface area contributed by atoms with Gasteiger partial charge in [0.05, 0.1) is 39.4 Å². The topological polar surface area (TPSA) is 120 Å². The number of phenolic OH excluding ortho intramolecular Hbond substituents is 1. The summed E-state index contributed by atoms with van der Waals surface area (Å²) in [5.41, 5.74) is 0.951. The molecule has 9 nitrogen and oxygen atoms in total. The van der Waals surface area contributed by atoms with Crippen LogP contribution < -0.4 is 10.3 Å². The average molecular weight is 816 g/mol. The van der Waals surface area contributed by atoms with E-state index in [2.05, 4.69) is 10.4 Å². The number of aromatic hydroxyl groups is 1. The molecule has 2 saturated heterocycles. The summed E-state index contributed by atoms with van der Waals surface area (Å²) in [6.07, 6.45) is -2.44. The van der Waals surface area contributed by atoms with Gasteiger partial charge in [0.1, 0.15) is 5.75 Å². The van der Waals surface area contributed by atoms with E-state index in [0.717, 1.165) is 4.90 Å². The maximum Gasteiger partial charge on any atom is 0.417 e. The third-order valence-electron chi connectivity index (χ3n) is 10.9. The van der Waals surface area contributed by atoms with Crippen molar-refractivity contribution in [3.05, 3.63) is 127 Å². The van der Waals surface area contributed by atoms with Crippen LogP contribution >= 0.6 is 46.4 Å². The Morgan fingerprint density at radius 1 is 0.815 bits per heavy atom. The number of nitrogens with zero attached hydrogens (tertiary/aromatic N) is 3. The molecule has 16 heteroatoms. The molecule has 1 aromatic heterocycles. The average Bonchev–Trinajstić information content (AvgIpc) is 3.51. The summed E-state index contributed by atoms with van der Waals surface area (Å²) in [7, 11) is 0. The summed E-state index contributed by atoms with van der Waals surface area (Å²) in [6.45, 7) is 0. The Balaban J connectivity index is 1.32. The zero-order chi connectivity index (χ0) is 38.4. The molecule has 1 saturated carbocycles. The van der Waals surface area contributed by atoms with Crippen molar-refractivity contribution in [1.29, 1.82) is 0 Å². The molecule has 6 atom stereocenters. The van der Waals surface area contributed by atoms with Gasteiger partial charge < -0.3 is 5.11 Å². The highest BCUT2D eigenvalue weighted by Gasteiger charge is 2.70. The third-order valence-corrected chi connectivity index (χ3v) is 12.0. The Bertz CT molecular complexity index is 2310. The molecule has 54 heavy (non-hydrogen) atoms. The lowest BCUT2D eigenvalue weighted by molar-refractivity contribution is -0.139. The molecular formula is C38H25Cl4F3N4O5. The van der Waals surface area contributed by atoms with Crippen LogP contribution in [0.3, 0.4) is 0 Å². The first kappa shape index (κ1) is 36.4. The Morgan fingerprint density at radius 3 is 2.11 bits per heavy atom. The van der Waals surface area contributed by atoms with Gasteiger partial charge in [-0.2, -0.15) is 18.2 Å². The molecule has 8 rings (SSSR count). The Hall–Kier alpha value is -4.62. The molecule has 3 aromatic carbocycles. The molecule has 2 N–H and O–H groups in total. The first-order chi connectivity index (χ1) is 25.6. The van der Waals surface area contributed by atoms with Crippen molar-refractivity contribution < 1.29 is 37.5 Å². The maximum absolute atomic E-state index is 15.2. The van der Waals surface area contributed by atoms with Gasteiger partial charge in [-0.15, -0.1) is 0 Å². The zero-order valence-corrected chi connectivity index (χ0v) is 30.5. The largest absolute Gasteiger partial charge is 0.508 e. The summed E-state index contributed by atoms with van der Waals surface area (Å²) in [5, 5.41) is 12.6. The predicted octanol–water partition coefficient (Wildman–Crippen LogP) is 8.61. The minimum atomic E-state index is -4.77. The van der Waals surface area contributed by atoms with Crippen LogP contribution in [-0.2, 0) is 30.8 Å². The minimum absolute atomic E-state index is 0.0993. The van der Waals surface area contributed by atoms with Gasteiger partial charge in [0.25, 0.3) is 11.8 Å². The first-order valence-electron chi connectivity index (χ1n) is 16.6. The van der Waals surface area contributed by atoms with Crippen LogP contribution in [-0.4, -0.2) is 38.7 Å². The fraction of sp³-hybridized carbons (Fsp3) is 0.237. The van der Waals surface area contributed by atoms with Gasteiger partial charge in [0.15, 0.2) is 5.82 Å². The highest BCUT2D eigenvalue weighted by atomic mass is 35.5. The highest BCUT2D eigenvalue weighted by molar-refractivity contribution is 6.33. The van der Waals surface area contributed by atoms with Crippen LogP contribution in [0.2, 0.25) is 20.1 Å². The molecule has 4 aliphatic rings.